The molecule has 0 atom stereocenters. The van der Waals surface area contributed by atoms with Crippen LogP contribution in [0.1, 0.15) is 25.7 Å². The number of hydrogen-bond donors (Lipinski definition) is 3. The van der Waals surface area contributed by atoms with Crippen molar-refractivity contribution in [3.63, 3.8) is 0 Å². The summed E-state index contributed by atoms with van der Waals surface area (Å²) >= 11 is 0. The van der Waals surface area contributed by atoms with Gasteiger partial charge in [0.15, 0.2) is 5.43 Å². The Kier molecular flexibility index (Phi) is 5.96. The molecule has 0 unspecified atom stereocenters. The molecule has 0 saturated heterocycles. The standard InChI is InChI=1S/C20H21N3O6/c1-29-15-7-5-6-12-18(15)22-19-14(23(27)28)10-9-13(17(19)20(12)26)21-11-4-2-3-8-16(24)25/h5-7,9-10,21H,2-4,8,11H2,1H3,(H,22,26)(H,24,25). The van der Waals surface area contributed by atoms with Gasteiger partial charge < -0.3 is 20.1 Å². The Morgan fingerprint density at radius 3 is 2.69 bits per heavy atom. The van der Waals surface area contributed by atoms with Crippen molar-refractivity contribution in [1.82, 2.24) is 4.98 Å². The highest BCUT2D eigenvalue weighted by molar-refractivity contribution is 6.04. The van der Waals surface area contributed by atoms with Gasteiger partial charge in [-0.15, -0.1) is 0 Å². The number of aromatic nitrogens is 1. The van der Waals surface area contributed by atoms with Crippen molar-refractivity contribution in [1.29, 1.82) is 0 Å². The molecule has 0 fully saturated rings. The number of methoxy groups -OCH3 is 1. The lowest BCUT2D eigenvalue weighted by Crippen LogP contribution is -2.11. The largest absolute Gasteiger partial charge is 0.495 e. The first kappa shape index (κ1) is 20.1. The van der Waals surface area contributed by atoms with Crippen LogP contribution in [0.2, 0.25) is 0 Å². The zero-order valence-electron chi connectivity index (χ0n) is 15.9. The third kappa shape index (κ3) is 4.13. The topological polar surface area (TPSA) is 135 Å². The first-order valence-corrected chi connectivity index (χ1v) is 9.19. The van der Waals surface area contributed by atoms with Gasteiger partial charge in [-0.2, -0.15) is 0 Å². The third-order valence-electron chi connectivity index (χ3n) is 4.73. The van der Waals surface area contributed by atoms with E-state index in [-0.39, 0.29) is 28.4 Å². The van der Waals surface area contributed by atoms with Crippen LogP contribution < -0.4 is 15.5 Å². The van der Waals surface area contributed by atoms with E-state index in [2.05, 4.69) is 10.3 Å². The number of carboxylic acids is 1. The number of rotatable bonds is 9. The molecule has 0 aliphatic heterocycles. The fourth-order valence-electron chi connectivity index (χ4n) is 3.33. The van der Waals surface area contributed by atoms with Crippen molar-refractivity contribution in [2.45, 2.75) is 25.7 Å². The zero-order valence-corrected chi connectivity index (χ0v) is 15.9. The second kappa shape index (κ2) is 8.59. The molecule has 1 heterocycles. The molecular weight excluding hydrogens is 378 g/mol. The Hall–Kier alpha value is -3.62. The van der Waals surface area contributed by atoms with Crippen LogP contribution in [0.5, 0.6) is 5.75 Å². The molecule has 3 rings (SSSR count). The molecule has 29 heavy (non-hydrogen) atoms. The fraction of sp³-hybridized carbons (Fsp3) is 0.300. The molecule has 9 heteroatoms. The third-order valence-corrected chi connectivity index (χ3v) is 4.73. The lowest BCUT2D eigenvalue weighted by molar-refractivity contribution is -0.383. The molecule has 3 N–H and O–H groups in total. The lowest BCUT2D eigenvalue weighted by atomic mass is 10.1. The number of ether oxygens (including phenoxy) is 1. The van der Waals surface area contributed by atoms with Gasteiger partial charge in [0.05, 0.1) is 22.9 Å². The van der Waals surface area contributed by atoms with Gasteiger partial charge in [0.25, 0.3) is 5.69 Å². The van der Waals surface area contributed by atoms with Gasteiger partial charge >= 0.3 is 5.97 Å². The van der Waals surface area contributed by atoms with E-state index in [1.54, 1.807) is 18.2 Å². The predicted octanol–water partition coefficient (Wildman–Crippen LogP) is 3.66. The Labute approximate surface area is 165 Å². The van der Waals surface area contributed by atoms with Crippen molar-refractivity contribution >= 4 is 39.1 Å². The van der Waals surface area contributed by atoms with Crippen LogP contribution in [0, 0.1) is 10.1 Å². The minimum Gasteiger partial charge on any atom is -0.495 e. The average Bonchev–Trinajstić information content (AvgIpc) is 2.69. The first-order chi connectivity index (χ1) is 13.9. The fourth-order valence-corrected chi connectivity index (χ4v) is 3.33. The maximum absolute atomic E-state index is 13.2. The number of non-ortho nitro benzene ring substituents is 1. The SMILES string of the molecule is COc1cccc2c(=O)c3c(NCCCCCC(=O)O)ccc([N+](=O)[O-])c3[nH]c12. The predicted molar refractivity (Wildman–Crippen MR) is 110 cm³/mol. The van der Waals surface area contributed by atoms with Gasteiger partial charge in [0.2, 0.25) is 0 Å². The average molecular weight is 399 g/mol. The molecule has 0 spiro atoms. The number of unbranched alkanes of at least 4 members (excludes halogenated alkanes) is 2. The normalized spacial score (nSPS) is 10.9. The number of carbonyl (C=O) groups is 1. The molecular formula is C20H21N3O6. The van der Waals surface area contributed by atoms with E-state index in [0.29, 0.717) is 41.7 Å². The van der Waals surface area contributed by atoms with Crippen molar-refractivity contribution < 1.29 is 19.6 Å². The smallest absolute Gasteiger partial charge is 0.303 e. The summed E-state index contributed by atoms with van der Waals surface area (Å²) in [6, 6.07) is 7.89. The van der Waals surface area contributed by atoms with Crippen LogP contribution in [0.15, 0.2) is 35.1 Å². The van der Waals surface area contributed by atoms with E-state index in [1.165, 1.54) is 19.2 Å². The summed E-state index contributed by atoms with van der Waals surface area (Å²) in [5.41, 5.74) is 0.505. The van der Waals surface area contributed by atoms with Gasteiger partial charge in [0.1, 0.15) is 11.3 Å². The number of carboxylic acid groups (broad SMARTS) is 1. The van der Waals surface area contributed by atoms with E-state index < -0.39 is 10.9 Å². The Morgan fingerprint density at radius 1 is 1.21 bits per heavy atom. The summed E-state index contributed by atoms with van der Waals surface area (Å²) in [7, 11) is 1.47. The molecule has 3 aromatic rings. The number of aliphatic carboxylic acids is 1. The number of anilines is 1. The van der Waals surface area contributed by atoms with Gasteiger partial charge in [0, 0.05) is 30.1 Å². The van der Waals surface area contributed by atoms with E-state index in [0.717, 1.165) is 6.42 Å². The lowest BCUT2D eigenvalue weighted by Gasteiger charge is -2.12. The molecule has 0 saturated carbocycles. The monoisotopic (exact) mass is 399 g/mol. The first-order valence-electron chi connectivity index (χ1n) is 9.19. The van der Waals surface area contributed by atoms with Gasteiger partial charge in [-0.05, 0) is 31.0 Å². The quantitative estimate of drug-likeness (QED) is 0.216. The summed E-state index contributed by atoms with van der Waals surface area (Å²) in [5.74, 6) is -0.402. The highest BCUT2D eigenvalue weighted by atomic mass is 16.6. The summed E-state index contributed by atoms with van der Waals surface area (Å²) in [6.45, 7) is 0.516. The molecule has 152 valence electrons. The number of nitrogens with zero attached hydrogens (tertiary/aromatic N) is 1. The van der Waals surface area contributed by atoms with E-state index in [4.69, 9.17) is 9.84 Å². The van der Waals surface area contributed by atoms with Crippen LogP contribution in [-0.4, -0.2) is 34.6 Å². The molecule has 2 aromatic carbocycles. The van der Waals surface area contributed by atoms with Gasteiger partial charge in [-0.3, -0.25) is 19.7 Å². The minimum atomic E-state index is -0.826. The second-order valence-corrected chi connectivity index (χ2v) is 6.61. The van der Waals surface area contributed by atoms with Crippen LogP contribution in [0.25, 0.3) is 21.8 Å². The van der Waals surface area contributed by atoms with E-state index in [1.807, 2.05) is 0 Å². The molecule has 9 nitrogen and oxygen atoms in total. The maximum atomic E-state index is 13.2. The van der Waals surface area contributed by atoms with Crippen LogP contribution in [0.3, 0.4) is 0 Å². The Morgan fingerprint density at radius 2 is 2.00 bits per heavy atom. The van der Waals surface area contributed by atoms with Crippen LogP contribution in [-0.2, 0) is 4.79 Å². The number of benzene rings is 2. The van der Waals surface area contributed by atoms with Crippen molar-refractivity contribution in [2.24, 2.45) is 0 Å². The number of pyridine rings is 1. The van der Waals surface area contributed by atoms with Crippen LogP contribution >= 0.6 is 0 Å². The number of hydrogen-bond acceptors (Lipinski definition) is 6. The van der Waals surface area contributed by atoms with Crippen molar-refractivity contribution in [3.8, 4) is 5.75 Å². The zero-order chi connectivity index (χ0) is 21.0. The molecule has 0 aliphatic carbocycles. The summed E-state index contributed by atoms with van der Waals surface area (Å²) in [5, 5.41) is 23.9. The van der Waals surface area contributed by atoms with Gasteiger partial charge in [-0.1, -0.05) is 12.5 Å². The van der Waals surface area contributed by atoms with Crippen molar-refractivity contribution in [3.05, 3.63) is 50.7 Å². The molecule has 1 aromatic heterocycles. The molecule has 0 aliphatic rings. The molecule has 0 amide bonds. The maximum Gasteiger partial charge on any atom is 0.303 e. The summed E-state index contributed by atoms with van der Waals surface area (Å²) in [4.78, 5) is 37.7. The van der Waals surface area contributed by atoms with E-state index >= 15 is 0 Å². The molecule has 0 radical (unpaired) electrons. The minimum absolute atomic E-state index is 0.119. The highest BCUT2D eigenvalue weighted by Gasteiger charge is 2.20. The number of para-hydroxylation sites is 1. The Bertz CT molecular complexity index is 1140. The van der Waals surface area contributed by atoms with Crippen LogP contribution in [0.4, 0.5) is 11.4 Å². The van der Waals surface area contributed by atoms with Gasteiger partial charge in [-0.25, -0.2) is 0 Å². The summed E-state index contributed by atoms with van der Waals surface area (Å²) < 4.78 is 5.28. The number of nitro groups is 1. The number of fused-ring (bicyclic) bond motifs is 2. The number of nitrogens with one attached hydrogen (secondary N) is 2. The Balaban J connectivity index is 2.02. The molecule has 0 bridgehead atoms. The number of H-pyrrole nitrogens is 1. The summed E-state index contributed by atoms with van der Waals surface area (Å²) in [6.07, 6.45) is 2.13. The number of nitro benzene ring substituents is 1. The second-order valence-electron chi connectivity index (χ2n) is 6.61. The number of aromatic amines is 1. The van der Waals surface area contributed by atoms with Crippen molar-refractivity contribution in [2.75, 3.05) is 19.0 Å². The van der Waals surface area contributed by atoms with E-state index in [9.17, 15) is 19.7 Å². The highest BCUT2D eigenvalue weighted by Crippen LogP contribution is 2.32.